The third kappa shape index (κ3) is 3.08. The van der Waals surface area contributed by atoms with Gasteiger partial charge in [0.05, 0.1) is 12.1 Å². The molecule has 0 unspecified atom stereocenters. The predicted molar refractivity (Wildman–Crippen MR) is 95.9 cm³/mol. The summed E-state index contributed by atoms with van der Waals surface area (Å²) in [6.07, 6.45) is 1.74. The Hall–Kier alpha value is -2.88. The summed E-state index contributed by atoms with van der Waals surface area (Å²) < 4.78 is 1.80. The fourth-order valence-electron chi connectivity index (χ4n) is 3.11. The molecule has 0 aliphatic carbocycles. The van der Waals surface area contributed by atoms with E-state index in [1.807, 2.05) is 30.3 Å². The fourth-order valence-corrected chi connectivity index (χ4v) is 3.11. The highest BCUT2D eigenvalue weighted by Crippen LogP contribution is 2.23. The molecule has 24 heavy (non-hydrogen) atoms. The Kier molecular flexibility index (Phi) is 4.21. The van der Waals surface area contributed by atoms with Gasteiger partial charge in [0.1, 0.15) is 5.69 Å². The lowest BCUT2D eigenvalue weighted by molar-refractivity contribution is 0.100. The summed E-state index contributed by atoms with van der Waals surface area (Å²) in [5, 5.41) is 4.62. The van der Waals surface area contributed by atoms with E-state index < -0.39 is 5.91 Å². The summed E-state index contributed by atoms with van der Waals surface area (Å²) in [6.45, 7) is 6.92. The van der Waals surface area contributed by atoms with Crippen molar-refractivity contribution >= 4 is 5.91 Å². The molecule has 2 N–H and O–H groups in total. The van der Waals surface area contributed by atoms with E-state index in [9.17, 15) is 4.79 Å². The van der Waals surface area contributed by atoms with Crippen LogP contribution in [-0.4, -0.2) is 15.7 Å². The number of hydrogen-bond acceptors (Lipinski definition) is 2. The van der Waals surface area contributed by atoms with Crippen LogP contribution in [0, 0.1) is 20.8 Å². The van der Waals surface area contributed by atoms with Gasteiger partial charge in [0.2, 0.25) is 0 Å². The average molecular weight is 319 g/mol. The van der Waals surface area contributed by atoms with E-state index in [-0.39, 0.29) is 0 Å². The van der Waals surface area contributed by atoms with Crippen LogP contribution in [0.3, 0.4) is 0 Å². The summed E-state index contributed by atoms with van der Waals surface area (Å²) in [5.41, 5.74) is 12.4. The molecule has 2 aromatic carbocycles. The van der Waals surface area contributed by atoms with Gasteiger partial charge >= 0.3 is 0 Å². The van der Waals surface area contributed by atoms with Gasteiger partial charge in [-0.1, -0.05) is 48.0 Å². The van der Waals surface area contributed by atoms with E-state index in [4.69, 9.17) is 5.73 Å². The number of nitrogens with two attached hydrogens (primary N) is 1. The van der Waals surface area contributed by atoms with Crippen LogP contribution >= 0.6 is 0 Å². The zero-order valence-corrected chi connectivity index (χ0v) is 14.2. The van der Waals surface area contributed by atoms with Gasteiger partial charge in [-0.3, -0.25) is 9.48 Å². The number of aromatic nitrogens is 2. The Morgan fingerprint density at radius 2 is 1.71 bits per heavy atom. The van der Waals surface area contributed by atoms with Crippen molar-refractivity contribution in [2.45, 2.75) is 27.3 Å². The van der Waals surface area contributed by atoms with Gasteiger partial charge in [0.15, 0.2) is 0 Å². The molecular weight excluding hydrogens is 298 g/mol. The highest BCUT2D eigenvalue weighted by molar-refractivity contribution is 5.98. The normalized spacial score (nSPS) is 10.8. The number of carbonyl (C=O) groups is 1. The average Bonchev–Trinajstić information content (AvgIpc) is 2.96. The summed E-state index contributed by atoms with van der Waals surface area (Å²) in [6, 6.07) is 14.0. The molecule has 122 valence electrons. The Labute approximate surface area is 141 Å². The van der Waals surface area contributed by atoms with Crippen molar-refractivity contribution in [3.8, 4) is 11.3 Å². The van der Waals surface area contributed by atoms with Crippen LogP contribution in [0.2, 0.25) is 0 Å². The molecule has 1 aromatic heterocycles. The molecule has 3 rings (SSSR count). The second-order valence-corrected chi connectivity index (χ2v) is 6.20. The van der Waals surface area contributed by atoms with Crippen molar-refractivity contribution in [1.82, 2.24) is 9.78 Å². The third-order valence-corrected chi connectivity index (χ3v) is 4.23. The lowest BCUT2D eigenvalue weighted by atomic mass is 10.00. The van der Waals surface area contributed by atoms with Crippen LogP contribution in [0.25, 0.3) is 11.3 Å². The lowest BCUT2D eigenvalue weighted by Crippen LogP contribution is -2.11. The quantitative estimate of drug-likeness (QED) is 0.798. The zero-order valence-electron chi connectivity index (χ0n) is 14.2. The molecule has 4 heteroatoms. The first-order chi connectivity index (χ1) is 11.5. The van der Waals surface area contributed by atoms with Crippen LogP contribution in [0.4, 0.5) is 0 Å². The molecule has 0 atom stereocenters. The number of aryl methyl sites for hydroxylation is 3. The predicted octanol–water partition coefficient (Wildman–Crippen LogP) is 3.62. The van der Waals surface area contributed by atoms with E-state index in [1.54, 1.807) is 10.9 Å². The fraction of sp³-hybridized carbons (Fsp3) is 0.200. The number of nitrogens with zero attached hydrogens (tertiary/aromatic N) is 2. The molecule has 0 bridgehead atoms. The van der Waals surface area contributed by atoms with Crippen LogP contribution < -0.4 is 5.73 Å². The Bertz CT molecular complexity index is 871. The van der Waals surface area contributed by atoms with E-state index in [1.165, 1.54) is 22.3 Å². The maximum atomic E-state index is 11.8. The smallest absolute Gasteiger partial charge is 0.252 e. The number of carbonyl (C=O) groups excluding carboxylic acids is 1. The molecule has 4 nitrogen and oxygen atoms in total. The first-order valence-corrected chi connectivity index (χ1v) is 7.95. The molecule has 0 saturated heterocycles. The third-order valence-electron chi connectivity index (χ3n) is 4.23. The molecule has 1 heterocycles. The molecule has 0 fully saturated rings. The number of amides is 1. The molecule has 3 aromatic rings. The maximum Gasteiger partial charge on any atom is 0.252 e. The highest BCUT2D eigenvalue weighted by Gasteiger charge is 2.16. The Morgan fingerprint density at radius 3 is 2.29 bits per heavy atom. The molecule has 0 spiro atoms. The van der Waals surface area contributed by atoms with Crippen molar-refractivity contribution in [3.05, 3.63) is 76.5 Å². The van der Waals surface area contributed by atoms with Crippen molar-refractivity contribution in [1.29, 1.82) is 0 Å². The summed E-state index contributed by atoms with van der Waals surface area (Å²) in [5.74, 6) is -0.461. The molecule has 0 radical (unpaired) electrons. The van der Waals surface area contributed by atoms with Crippen LogP contribution in [0.15, 0.2) is 48.7 Å². The maximum absolute atomic E-state index is 11.8. The van der Waals surface area contributed by atoms with E-state index in [0.29, 0.717) is 17.8 Å². The molecule has 0 aliphatic heterocycles. The molecular formula is C20H21N3O. The number of rotatable bonds is 4. The minimum Gasteiger partial charge on any atom is -0.365 e. The van der Waals surface area contributed by atoms with Gasteiger partial charge in [-0.25, -0.2) is 0 Å². The summed E-state index contributed by atoms with van der Waals surface area (Å²) >= 11 is 0. The first-order valence-electron chi connectivity index (χ1n) is 7.95. The van der Waals surface area contributed by atoms with Gasteiger partial charge in [0, 0.05) is 11.8 Å². The molecule has 1 amide bonds. The van der Waals surface area contributed by atoms with Crippen molar-refractivity contribution in [3.63, 3.8) is 0 Å². The number of primary amides is 1. The Balaban J connectivity index is 2.03. The standard InChI is InChI=1S/C20H21N3O/c1-13-9-14(2)17(15(3)10-13)11-23-12-18(20(21)24)19(22-23)16-7-5-4-6-8-16/h4-10,12H,11H2,1-3H3,(H2,21,24). The Morgan fingerprint density at radius 1 is 1.08 bits per heavy atom. The first kappa shape index (κ1) is 16.0. The summed E-state index contributed by atoms with van der Waals surface area (Å²) in [4.78, 5) is 11.8. The van der Waals surface area contributed by atoms with Gasteiger partial charge < -0.3 is 5.73 Å². The lowest BCUT2D eigenvalue weighted by Gasteiger charge is -2.11. The molecule has 0 aliphatic rings. The van der Waals surface area contributed by atoms with E-state index >= 15 is 0 Å². The monoisotopic (exact) mass is 319 g/mol. The zero-order chi connectivity index (χ0) is 17.3. The van der Waals surface area contributed by atoms with E-state index in [0.717, 1.165) is 5.56 Å². The summed E-state index contributed by atoms with van der Waals surface area (Å²) in [7, 11) is 0. The minimum absolute atomic E-state index is 0.448. The van der Waals surface area contributed by atoms with Crippen LogP contribution in [0.1, 0.15) is 32.6 Å². The van der Waals surface area contributed by atoms with Gasteiger partial charge in [-0.2, -0.15) is 5.10 Å². The van der Waals surface area contributed by atoms with Gasteiger partial charge in [-0.15, -0.1) is 0 Å². The van der Waals surface area contributed by atoms with Gasteiger partial charge in [-0.05, 0) is 37.5 Å². The topological polar surface area (TPSA) is 60.9 Å². The minimum atomic E-state index is -0.461. The van der Waals surface area contributed by atoms with Crippen molar-refractivity contribution in [2.75, 3.05) is 0 Å². The second-order valence-electron chi connectivity index (χ2n) is 6.20. The number of benzene rings is 2. The second kappa shape index (κ2) is 6.32. The van der Waals surface area contributed by atoms with Crippen LogP contribution in [0.5, 0.6) is 0 Å². The molecule has 0 saturated carbocycles. The highest BCUT2D eigenvalue weighted by atomic mass is 16.1. The number of hydrogen-bond donors (Lipinski definition) is 1. The largest absolute Gasteiger partial charge is 0.365 e. The van der Waals surface area contributed by atoms with Crippen molar-refractivity contribution < 1.29 is 4.79 Å². The van der Waals surface area contributed by atoms with Crippen LogP contribution in [-0.2, 0) is 6.54 Å². The van der Waals surface area contributed by atoms with Gasteiger partial charge in [0.25, 0.3) is 5.91 Å². The SMILES string of the molecule is Cc1cc(C)c(Cn2cc(C(N)=O)c(-c3ccccc3)n2)c(C)c1. The van der Waals surface area contributed by atoms with Crippen molar-refractivity contribution in [2.24, 2.45) is 5.73 Å². The van der Waals surface area contributed by atoms with E-state index in [2.05, 4.69) is 38.0 Å².